The van der Waals surface area contributed by atoms with Gasteiger partial charge in [-0.25, -0.2) is 0 Å². The average molecular weight is 214 g/mol. The van der Waals surface area contributed by atoms with Gasteiger partial charge in [0.25, 0.3) is 0 Å². The summed E-state index contributed by atoms with van der Waals surface area (Å²) in [4.78, 5) is 22.0. The Bertz CT molecular complexity index is 207. The fraction of sp³-hybridized carbons (Fsp3) is 0.667. The molecule has 3 nitrogen and oxygen atoms in total. The second-order valence-corrected chi connectivity index (χ2v) is 2.93. The van der Waals surface area contributed by atoms with Gasteiger partial charge < -0.3 is 9.53 Å². The lowest BCUT2D eigenvalue weighted by atomic mass is 9.99. The number of Topliss-reactive ketones (excluding diaryl/α,β-unsaturated/α-hetero) is 1. The van der Waals surface area contributed by atoms with Crippen molar-refractivity contribution < 1.29 is 14.3 Å². The highest BCUT2D eigenvalue weighted by atomic mass is 16.5. The van der Waals surface area contributed by atoms with Gasteiger partial charge in [-0.1, -0.05) is 26.0 Å². The van der Waals surface area contributed by atoms with Crippen molar-refractivity contribution in [3.8, 4) is 0 Å². The first kappa shape index (κ1) is 16.3. The fourth-order valence-corrected chi connectivity index (χ4v) is 1.08. The molecule has 0 aromatic rings. The van der Waals surface area contributed by atoms with Crippen molar-refractivity contribution in [2.75, 3.05) is 7.11 Å². The van der Waals surface area contributed by atoms with Gasteiger partial charge in [0, 0.05) is 6.42 Å². The molecule has 0 aliphatic rings. The van der Waals surface area contributed by atoms with Gasteiger partial charge in [0.15, 0.2) is 0 Å². The zero-order chi connectivity index (χ0) is 12.3. The van der Waals surface area contributed by atoms with E-state index in [-0.39, 0.29) is 24.1 Å². The summed E-state index contributed by atoms with van der Waals surface area (Å²) >= 11 is 0. The lowest BCUT2D eigenvalue weighted by Crippen LogP contribution is -2.18. The maximum atomic E-state index is 11.1. The van der Waals surface area contributed by atoms with Crippen molar-refractivity contribution in [3.05, 3.63) is 12.2 Å². The van der Waals surface area contributed by atoms with Crippen molar-refractivity contribution in [3.63, 3.8) is 0 Å². The van der Waals surface area contributed by atoms with Gasteiger partial charge in [0.05, 0.1) is 13.0 Å². The van der Waals surface area contributed by atoms with Gasteiger partial charge in [-0.15, -0.1) is 0 Å². The summed E-state index contributed by atoms with van der Waals surface area (Å²) in [7, 11) is 1.34. The summed E-state index contributed by atoms with van der Waals surface area (Å²) in [6.45, 7) is 7.35. The lowest BCUT2D eigenvalue weighted by Gasteiger charge is -2.09. The van der Waals surface area contributed by atoms with Gasteiger partial charge >= 0.3 is 5.97 Å². The van der Waals surface area contributed by atoms with Crippen LogP contribution in [0.2, 0.25) is 0 Å². The minimum atomic E-state index is -0.321. The largest absolute Gasteiger partial charge is 0.469 e. The molecule has 0 spiro atoms. The average Bonchev–Trinajstić information content (AvgIpc) is 2.25. The number of carbonyl (C=O) groups excluding carboxylic acids is 2. The van der Waals surface area contributed by atoms with E-state index in [2.05, 4.69) is 4.74 Å². The number of ether oxygens (including phenoxy) is 1. The molecular weight excluding hydrogens is 192 g/mol. The Morgan fingerprint density at radius 3 is 2.20 bits per heavy atom. The first-order chi connectivity index (χ1) is 7.11. The van der Waals surface area contributed by atoms with Crippen LogP contribution in [-0.4, -0.2) is 18.9 Å². The normalized spacial score (nSPS) is 11.5. The first-order valence-electron chi connectivity index (χ1n) is 5.30. The zero-order valence-electron chi connectivity index (χ0n) is 10.4. The molecule has 0 aromatic carbocycles. The number of allylic oxidation sites excluding steroid dienone is 2. The van der Waals surface area contributed by atoms with Crippen molar-refractivity contribution in [2.24, 2.45) is 5.92 Å². The van der Waals surface area contributed by atoms with E-state index in [0.29, 0.717) is 6.42 Å². The maximum absolute atomic E-state index is 11.1. The third kappa shape index (κ3) is 9.19. The molecule has 0 bridgehead atoms. The second-order valence-electron chi connectivity index (χ2n) is 2.93. The monoisotopic (exact) mass is 214 g/mol. The molecule has 0 saturated carbocycles. The van der Waals surface area contributed by atoms with Gasteiger partial charge in [0.2, 0.25) is 0 Å². The van der Waals surface area contributed by atoms with Crippen LogP contribution in [0.4, 0.5) is 0 Å². The summed E-state index contributed by atoms with van der Waals surface area (Å²) in [6.07, 6.45) is 4.56. The molecule has 0 aliphatic carbocycles. The van der Waals surface area contributed by atoms with Crippen LogP contribution in [0.25, 0.3) is 0 Å². The summed E-state index contributed by atoms with van der Waals surface area (Å²) in [6, 6.07) is 0. The Hall–Kier alpha value is -1.12. The van der Waals surface area contributed by atoms with Crippen LogP contribution in [-0.2, 0) is 14.3 Å². The van der Waals surface area contributed by atoms with Gasteiger partial charge in [-0.05, 0) is 20.3 Å². The Balaban J connectivity index is 0. The van der Waals surface area contributed by atoms with E-state index in [9.17, 15) is 9.59 Å². The third-order valence-corrected chi connectivity index (χ3v) is 1.72. The quantitative estimate of drug-likeness (QED) is 0.522. The molecule has 3 heteroatoms. The Labute approximate surface area is 92.5 Å². The van der Waals surface area contributed by atoms with Gasteiger partial charge in [-0.3, -0.25) is 4.79 Å². The first-order valence-corrected chi connectivity index (χ1v) is 5.30. The van der Waals surface area contributed by atoms with Crippen LogP contribution in [0.1, 0.15) is 40.5 Å². The van der Waals surface area contributed by atoms with E-state index in [1.54, 1.807) is 0 Å². The molecule has 0 aromatic heterocycles. The second kappa shape index (κ2) is 11.0. The molecule has 1 atom stereocenters. The minimum absolute atomic E-state index is 0.0138. The van der Waals surface area contributed by atoms with E-state index in [1.165, 1.54) is 14.0 Å². The highest BCUT2D eigenvalue weighted by Gasteiger charge is 2.19. The fourth-order valence-electron chi connectivity index (χ4n) is 1.08. The highest BCUT2D eigenvalue weighted by Crippen LogP contribution is 2.11. The molecule has 0 heterocycles. The number of methoxy groups -OCH3 is 1. The summed E-state index contributed by atoms with van der Waals surface area (Å²) < 4.78 is 4.59. The Morgan fingerprint density at radius 2 is 1.87 bits per heavy atom. The van der Waals surface area contributed by atoms with Crippen LogP contribution < -0.4 is 0 Å². The minimum Gasteiger partial charge on any atom is -0.469 e. The molecule has 0 N–H and O–H groups in total. The van der Waals surface area contributed by atoms with Crippen LogP contribution >= 0.6 is 0 Å². The maximum Gasteiger partial charge on any atom is 0.309 e. The summed E-state index contributed by atoms with van der Waals surface area (Å²) in [5.41, 5.74) is 0. The highest BCUT2D eigenvalue weighted by molar-refractivity contribution is 5.82. The molecule has 0 radical (unpaired) electrons. The number of ketones is 1. The predicted molar refractivity (Wildman–Crippen MR) is 61.6 cm³/mol. The molecule has 0 amide bonds. The van der Waals surface area contributed by atoms with Crippen molar-refractivity contribution in [1.29, 1.82) is 0 Å². The molecular formula is C12H22O3. The number of hydrogen-bond donors (Lipinski definition) is 0. The van der Waals surface area contributed by atoms with Crippen LogP contribution in [0.5, 0.6) is 0 Å². The molecule has 88 valence electrons. The number of carbonyl (C=O) groups is 2. The van der Waals surface area contributed by atoms with Crippen molar-refractivity contribution in [1.82, 2.24) is 0 Å². The molecule has 0 aliphatic heterocycles. The van der Waals surface area contributed by atoms with Crippen LogP contribution in [0, 0.1) is 5.92 Å². The standard InChI is InChI=1S/C10H16O3.C2H6/c1-4-5-6-9(7-8(2)11)10(12)13-3;1-2/h4-5,9H,6-7H2,1-3H3;1-2H3/b5-4+;. The molecule has 0 rings (SSSR count). The summed E-state index contributed by atoms with van der Waals surface area (Å²) in [5.74, 6) is -0.619. The number of hydrogen-bond acceptors (Lipinski definition) is 3. The zero-order valence-corrected chi connectivity index (χ0v) is 10.4. The molecule has 0 saturated heterocycles. The molecule has 0 fully saturated rings. The summed E-state index contributed by atoms with van der Waals surface area (Å²) in [5, 5.41) is 0. The smallest absolute Gasteiger partial charge is 0.309 e. The van der Waals surface area contributed by atoms with E-state index in [1.807, 2.05) is 32.9 Å². The molecule has 15 heavy (non-hydrogen) atoms. The Morgan fingerprint density at radius 1 is 1.33 bits per heavy atom. The molecule has 1 unspecified atom stereocenters. The van der Waals surface area contributed by atoms with Crippen LogP contribution in [0.3, 0.4) is 0 Å². The predicted octanol–water partition coefficient (Wildman–Crippen LogP) is 2.75. The van der Waals surface area contributed by atoms with Gasteiger partial charge in [0.1, 0.15) is 5.78 Å². The third-order valence-electron chi connectivity index (χ3n) is 1.72. The number of esters is 1. The van der Waals surface area contributed by atoms with E-state index < -0.39 is 0 Å². The Kier molecular flexibility index (Phi) is 11.9. The van der Waals surface area contributed by atoms with Crippen molar-refractivity contribution >= 4 is 11.8 Å². The van der Waals surface area contributed by atoms with Crippen LogP contribution in [0.15, 0.2) is 12.2 Å². The topological polar surface area (TPSA) is 43.4 Å². The van der Waals surface area contributed by atoms with E-state index in [4.69, 9.17) is 0 Å². The SMILES string of the molecule is C/C=C/CC(CC(C)=O)C(=O)OC.CC. The van der Waals surface area contributed by atoms with Crippen molar-refractivity contribution in [2.45, 2.75) is 40.5 Å². The van der Waals surface area contributed by atoms with E-state index in [0.717, 1.165) is 0 Å². The van der Waals surface area contributed by atoms with E-state index >= 15 is 0 Å². The number of rotatable bonds is 5. The van der Waals surface area contributed by atoms with Gasteiger partial charge in [-0.2, -0.15) is 0 Å². The lowest BCUT2D eigenvalue weighted by molar-refractivity contribution is -0.146.